The molecule has 4 nitrogen and oxygen atoms in total. The van der Waals surface area contributed by atoms with E-state index in [0.29, 0.717) is 5.56 Å². The normalized spacial score (nSPS) is 13.6. The fraction of sp³-hybridized carbons (Fsp3) is 0.556. The molecule has 0 spiro atoms. The Kier molecular flexibility index (Phi) is 4.47. The van der Waals surface area contributed by atoms with Crippen molar-refractivity contribution in [3.63, 3.8) is 0 Å². The van der Waals surface area contributed by atoms with E-state index in [9.17, 15) is 23.3 Å². The van der Waals surface area contributed by atoms with E-state index < -0.39 is 23.6 Å². The van der Waals surface area contributed by atoms with Crippen LogP contribution in [0, 0.1) is 10.1 Å². The molecule has 96 valence electrons. The Bertz CT molecular complexity index is 392. The molecule has 1 atom stereocenters. The molecule has 0 aliphatic heterocycles. The van der Waals surface area contributed by atoms with Crippen molar-refractivity contribution in [2.75, 3.05) is 0 Å². The molecule has 0 amide bonds. The zero-order valence-corrected chi connectivity index (χ0v) is 9.77. The molecule has 0 radical (unpaired) electrons. The Morgan fingerprint density at radius 1 is 1.59 bits per heavy atom. The van der Waals surface area contributed by atoms with E-state index in [1.165, 1.54) is 13.0 Å². The summed E-state index contributed by atoms with van der Waals surface area (Å²) in [6, 6.07) is 0.645. The molecule has 0 saturated carbocycles. The zero-order chi connectivity index (χ0) is 13.1. The van der Waals surface area contributed by atoms with Crippen LogP contribution in [0.3, 0.4) is 0 Å². The van der Waals surface area contributed by atoms with Crippen LogP contribution in [0.4, 0.5) is 18.2 Å². The van der Waals surface area contributed by atoms with Gasteiger partial charge in [-0.15, -0.1) is 0 Å². The van der Waals surface area contributed by atoms with Crippen LogP contribution < -0.4 is 5.32 Å². The van der Waals surface area contributed by atoms with Crippen molar-refractivity contribution in [2.45, 2.75) is 32.1 Å². The van der Waals surface area contributed by atoms with Crippen LogP contribution in [-0.4, -0.2) is 17.1 Å². The summed E-state index contributed by atoms with van der Waals surface area (Å²) in [5, 5.41) is 14.6. The maximum Gasteiger partial charge on any atom is 0.390 e. The third-order valence-electron chi connectivity index (χ3n) is 2.01. The second-order valence-electron chi connectivity index (χ2n) is 3.65. The number of nitrogens with one attached hydrogen (secondary N) is 1. The Morgan fingerprint density at radius 2 is 2.24 bits per heavy atom. The van der Waals surface area contributed by atoms with E-state index in [1.807, 2.05) is 0 Å². The average Bonchev–Trinajstić information content (AvgIpc) is 2.60. The third kappa shape index (κ3) is 5.14. The van der Waals surface area contributed by atoms with Gasteiger partial charge in [0.1, 0.15) is 0 Å². The fourth-order valence-corrected chi connectivity index (χ4v) is 1.99. The lowest BCUT2D eigenvalue weighted by atomic mass is 10.2. The van der Waals surface area contributed by atoms with Gasteiger partial charge in [-0.05, 0) is 12.5 Å². The second kappa shape index (κ2) is 5.46. The molecule has 1 heterocycles. The number of rotatable bonds is 5. The largest absolute Gasteiger partial charge is 0.390 e. The molecule has 0 bridgehead atoms. The molecule has 1 unspecified atom stereocenters. The summed E-state index contributed by atoms with van der Waals surface area (Å²) in [6.07, 6.45) is -5.12. The first kappa shape index (κ1) is 13.9. The van der Waals surface area contributed by atoms with E-state index in [0.717, 1.165) is 11.3 Å². The molecule has 0 aliphatic rings. The molecule has 0 aromatic carbocycles. The van der Waals surface area contributed by atoms with E-state index in [4.69, 9.17) is 0 Å². The van der Waals surface area contributed by atoms with Gasteiger partial charge in [-0.1, -0.05) is 11.3 Å². The summed E-state index contributed by atoms with van der Waals surface area (Å²) in [7, 11) is 0. The highest BCUT2D eigenvalue weighted by Crippen LogP contribution is 2.24. The molecular weight excluding hydrogens is 257 g/mol. The molecule has 1 N–H and O–H groups in total. The van der Waals surface area contributed by atoms with Crippen LogP contribution >= 0.6 is 11.3 Å². The monoisotopic (exact) mass is 268 g/mol. The van der Waals surface area contributed by atoms with Crippen molar-refractivity contribution >= 4 is 16.3 Å². The lowest BCUT2D eigenvalue weighted by Crippen LogP contribution is -2.30. The number of nitrogens with zero attached hydrogens (tertiary/aromatic N) is 1. The Hall–Kier alpha value is -1.15. The molecular formula is C9H11F3N2O2S. The number of hydrogen-bond acceptors (Lipinski definition) is 4. The summed E-state index contributed by atoms with van der Waals surface area (Å²) in [6.45, 7) is 1.62. The summed E-state index contributed by atoms with van der Waals surface area (Å²) < 4.78 is 36.0. The topological polar surface area (TPSA) is 55.2 Å². The van der Waals surface area contributed by atoms with Crippen molar-refractivity contribution in [3.05, 3.63) is 27.1 Å². The number of thiophene rings is 1. The molecule has 1 aromatic rings. The van der Waals surface area contributed by atoms with Gasteiger partial charge in [0.05, 0.1) is 11.3 Å². The maximum atomic E-state index is 12.0. The number of alkyl halides is 3. The predicted molar refractivity (Wildman–Crippen MR) is 57.9 cm³/mol. The minimum atomic E-state index is -4.20. The van der Waals surface area contributed by atoms with Crippen molar-refractivity contribution in [3.8, 4) is 0 Å². The highest BCUT2D eigenvalue weighted by molar-refractivity contribution is 7.13. The maximum absolute atomic E-state index is 12.0. The van der Waals surface area contributed by atoms with Crippen molar-refractivity contribution in [1.82, 2.24) is 5.32 Å². The van der Waals surface area contributed by atoms with Gasteiger partial charge >= 0.3 is 11.2 Å². The number of hydrogen-bond donors (Lipinski definition) is 1. The van der Waals surface area contributed by atoms with Gasteiger partial charge in [0.15, 0.2) is 0 Å². The average molecular weight is 268 g/mol. The van der Waals surface area contributed by atoms with Gasteiger partial charge in [0.2, 0.25) is 0 Å². The van der Waals surface area contributed by atoms with Crippen molar-refractivity contribution < 1.29 is 18.1 Å². The van der Waals surface area contributed by atoms with Gasteiger partial charge in [0, 0.05) is 24.0 Å². The number of nitro groups is 1. The number of halogens is 3. The summed E-state index contributed by atoms with van der Waals surface area (Å²) in [5.74, 6) is 0. The first-order valence-electron chi connectivity index (χ1n) is 4.80. The van der Waals surface area contributed by atoms with Crippen LogP contribution in [0.15, 0.2) is 11.4 Å². The summed E-state index contributed by atoms with van der Waals surface area (Å²) in [5.41, 5.74) is 0.621. The minimum Gasteiger partial charge on any atom is -0.310 e. The Balaban J connectivity index is 2.42. The van der Waals surface area contributed by atoms with Crippen LogP contribution in [0.25, 0.3) is 0 Å². The van der Waals surface area contributed by atoms with Crippen LogP contribution in [0.5, 0.6) is 0 Å². The molecule has 8 heteroatoms. The summed E-state index contributed by atoms with van der Waals surface area (Å²) in [4.78, 5) is 9.87. The van der Waals surface area contributed by atoms with Crippen LogP contribution in [0.1, 0.15) is 18.9 Å². The highest BCUT2D eigenvalue weighted by Gasteiger charge is 2.29. The van der Waals surface area contributed by atoms with E-state index in [2.05, 4.69) is 5.32 Å². The van der Waals surface area contributed by atoms with E-state index in [1.54, 1.807) is 5.38 Å². The first-order valence-corrected chi connectivity index (χ1v) is 5.68. The van der Waals surface area contributed by atoms with Gasteiger partial charge in [0.25, 0.3) is 0 Å². The third-order valence-corrected chi connectivity index (χ3v) is 2.94. The van der Waals surface area contributed by atoms with Gasteiger partial charge < -0.3 is 5.32 Å². The quantitative estimate of drug-likeness (QED) is 0.659. The first-order chi connectivity index (χ1) is 7.78. The summed E-state index contributed by atoms with van der Waals surface area (Å²) >= 11 is 0.961. The molecule has 17 heavy (non-hydrogen) atoms. The van der Waals surface area contributed by atoms with Gasteiger partial charge in [-0.3, -0.25) is 10.1 Å². The predicted octanol–water partition coefficient (Wildman–Crippen LogP) is 3.09. The lowest BCUT2D eigenvalue weighted by molar-refractivity contribution is -0.380. The van der Waals surface area contributed by atoms with Crippen molar-refractivity contribution in [1.29, 1.82) is 0 Å². The minimum absolute atomic E-state index is 0.00901. The Labute approximate surface area is 99.6 Å². The molecule has 0 aliphatic carbocycles. The smallest absolute Gasteiger partial charge is 0.310 e. The van der Waals surface area contributed by atoms with Crippen molar-refractivity contribution in [2.24, 2.45) is 0 Å². The fourth-order valence-electron chi connectivity index (χ4n) is 1.26. The van der Waals surface area contributed by atoms with Gasteiger partial charge in [-0.2, -0.15) is 13.2 Å². The molecule has 1 rings (SSSR count). The molecule has 1 aromatic heterocycles. The standard InChI is InChI=1S/C9H11F3N2O2S/c1-6(3-9(10,11)12)13-4-7-2-8(14(15)16)17-5-7/h2,5-6,13H,3-4H2,1H3. The van der Waals surface area contributed by atoms with Gasteiger partial charge in [-0.25, -0.2) is 0 Å². The Morgan fingerprint density at radius 3 is 2.71 bits per heavy atom. The molecule has 0 fully saturated rings. The lowest BCUT2D eigenvalue weighted by Gasteiger charge is -2.14. The van der Waals surface area contributed by atoms with E-state index in [-0.39, 0.29) is 11.5 Å². The zero-order valence-electron chi connectivity index (χ0n) is 8.95. The molecule has 0 saturated heterocycles. The SMILES string of the molecule is CC(CC(F)(F)F)NCc1csc([N+](=O)[O-])c1. The second-order valence-corrected chi connectivity index (χ2v) is 4.54. The van der Waals surface area contributed by atoms with E-state index >= 15 is 0 Å². The van der Waals surface area contributed by atoms with Crippen LogP contribution in [0.2, 0.25) is 0 Å². The highest BCUT2D eigenvalue weighted by atomic mass is 32.1. The van der Waals surface area contributed by atoms with Crippen LogP contribution in [-0.2, 0) is 6.54 Å².